The molecule has 6 nitrogen and oxygen atoms in total. The monoisotopic (exact) mass is 387 g/mol. The van der Waals surface area contributed by atoms with Crippen LogP contribution < -0.4 is 10.6 Å². The SMILES string of the molecule is CCCNC(=O)N1CCC2(CC1)CC(CC(=O)NCc1ccccc1)CCO2. The zero-order valence-electron chi connectivity index (χ0n) is 16.9. The van der Waals surface area contributed by atoms with Gasteiger partial charge in [0.1, 0.15) is 0 Å². The molecule has 1 unspecified atom stereocenters. The number of nitrogens with zero attached hydrogens (tertiary/aromatic N) is 1. The van der Waals surface area contributed by atoms with E-state index >= 15 is 0 Å². The summed E-state index contributed by atoms with van der Waals surface area (Å²) in [6.45, 7) is 5.51. The van der Waals surface area contributed by atoms with Crippen LogP contribution in [0, 0.1) is 5.92 Å². The van der Waals surface area contributed by atoms with Crippen molar-refractivity contribution in [2.45, 2.75) is 57.6 Å². The van der Waals surface area contributed by atoms with Crippen molar-refractivity contribution >= 4 is 11.9 Å². The van der Waals surface area contributed by atoms with Crippen LogP contribution in [-0.2, 0) is 16.1 Å². The van der Waals surface area contributed by atoms with Crippen LogP contribution in [0.3, 0.4) is 0 Å². The van der Waals surface area contributed by atoms with E-state index in [4.69, 9.17) is 4.74 Å². The van der Waals surface area contributed by atoms with Gasteiger partial charge in [0.05, 0.1) is 5.60 Å². The van der Waals surface area contributed by atoms with Gasteiger partial charge < -0.3 is 20.3 Å². The smallest absolute Gasteiger partial charge is 0.317 e. The summed E-state index contributed by atoms with van der Waals surface area (Å²) in [6.07, 6.45) is 5.06. The van der Waals surface area contributed by atoms with E-state index in [2.05, 4.69) is 17.6 Å². The van der Waals surface area contributed by atoms with Gasteiger partial charge in [-0.2, -0.15) is 0 Å². The van der Waals surface area contributed by atoms with Crippen LogP contribution in [0.2, 0.25) is 0 Å². The Kier molecular flexibility index (Phi) is 7.31. The summed E-state index contributed by atoms with van der Waals surface area (Å²) in [7, 11) is 0. The Morgan fingerprint density at radius 2 is 1.93 bits per heavy atom. The molecule has 0 aliphatic carbocycles. The lowest BCUT2D eigenvalue weighted by atomic mass is 9.78. The molecule has 0 bridgehead atoms. The second-order valence-electron chi connectivity index (χ2n) is 8.08. The number of amides is 3. The second kappa shape index (κ2) is 9.92. The number of likely N-dealkylation sites (tertiary alicyclic amines) is 1. The molecule has 1 spiro atoms. The fourth-order valence-corrected chi connectivity index (χ4v) is 4.24. The average Bonchev–Trinajstić information content (AvgIpc) is 2.72. The molecule has 1 atom stereocenters. The highest BCUT2D eigenvalue weighted by atomic mass is 16.5. The maximum Gasteiger partial charge on any atom is 0.317 e. The van der Waals surface area contributed by atoms with Crippen molar-refractivity contribution < 1.29 is 14.3 Å². The predicted molar refractivity (Wildman–Crippen MR) is 109 cm³/mol. The normalized spacial score (nSPS) is 21.3. The van der Waals surface area contributed by atoms with Crippen LogP contribution in [-0.4, -0.2) is 48.7 Å². The Morgan fingerprint density at radius 3 is 2.64 bits per heavy atom. The Bertz CT molecular complexity index is 642. The molecule has 1 aromatic rings. The maximum absolute atomic E-state index is 12.4. The predicted octanol–water partition coefficient (Wildman–Crippen LogP) is 3.07. The molecule has 1 aromatic carbocycles. The quantitative estimate of drug-likeness (QED) is 0.788. The number of ether oxygens (including phenoxy) is 1. The molecule has 2 N–H and O–H groups in total. The third-order valence-electron chi connectivity index (χ3n) is 5.89. The van der Waals surface area contributed by atoms with Crippen molar-refractivity contribution in [2.75, 3.05) is 26.2 Å². The Morgan fingerprint density at radius 1 is 1.18 bits per heavy atom. The van der Waals surface area contributed by atoms with Gasteiger partial charge in [-0.1, -0.05) is 37.3 Å². The highest BCUT2D eigenvalue weighted by molar-refractivity contribution is 5.76. The second-order valence-corrected chi connectivity index (χ2v) is 8.08. The van der Waals surface area contributed by atoms with Crippen LogP contribution in [0.15, 0.2) is 30.3 Å². The number of hydrogen-bond acceptors (Lipinski definition) is 3. The molecule has 0 aromatic heterocycles. The van der Waals surface area contributed by atoms with Crippen LogP contribution in [0.5, 0.6) is 0 Å². The number of carbonyl (C=O) groups excluding carboxylic acids is 2. The van der Waals surface area contributed by atoms with Gasteiger partial charge in [0, 0.05) is 39.2 Å². The van der Waals surface area contributed by atoms with Crippen molar-refractivity contribution in [3.8, 4) is 0 Å². The molecule has 2 heterocycles. The van der Waals surface area contributed by atoms with Crippen LogP contribution in [0.1, 0.15) is 51.0 Å². The lowest BCUT2D eigenvalue weighted by Crippen LogP contribution is -2.53. The molecular weight excluding hydrogens is 354 g/mol. The number of hydrogen-bond donors (Lipinski definition) is 2. The van der Waals surface area contributed by atoms with Crippen LogP contribution in [0.4, 0.5) is 4.79 Å². The molecule has 3 rings (SSSR count). The van der Waals surface area contributed by atoms with E-state index in [9.17, 15) is 9.59 Å². The van der Waals surface area contributed by atoms with Crippen LogP contribution >= 0.6 is 0 Å². The molecule has 2 aliphatic rings. The first kappa shape index (κ1) is 20.6. The van der Waals surface area contributed by atoms with Gasteiger partial charge >= 0.3 is 6.03 Å². The number of piperidine rings is 1. The van der Waals surface area contributed by atoms with Crippen molar-refractivity contribution in [2.24, 2.45) is 5.92 Å². The summed E-state index contributed by atoms with van der Waals surface area (Å²) < 4.78 is 6.17. The number of nitrogens with one attached hydrogen (secondary N) is 2. The minimum Gasteiger partial charge on any atom is -0.375 e. The van der Waals surface area contributed by atoms with Crippen molar-refractivity contribution in [3.05, 3.63) is 35.9 Å². The molecule has 0 saturated carbocycles. The van der Waals surface area contributed by atoms with E-state index in [1.165, 1.54) is 0 Å². The van der Waals surface area contributed by atoms with E-state index in [1.54, 1.807) is 0 Å². The largest absolute Gasteiger partial charge is 0.375 e. The minimum atomic E-state index is -0.163. The Balaban J connectivity index is 1.44. The zero-order chi connectivity index (χ0) is 19.8. The fourth-order valence-electron chi connectivity index (χ4n) is 4.24. The van der Waals surface area contributed by atoms with E-state index in [0.717, 1.165) is 57.3 Å². The van der Waals surface area contributed by atoms with Crippen molar-refractivity contribution in [3.63, 3.8) is 0 Å². The topological polar surface area (TPSA) is 70.7 Å². The van der Waals surface area contributed by atoms with Gasteiger partial charge in [-0.15, -0.1) is 0 Å². The van der Waals surface area contributed by atoms with E-state index < -0.39 is 0 Å². The molecule has 2 saturated heterocycles. The lowest BCUT2D eigenvalue weighted by molar-refractivity contribution is -0.134. The number of urea groups is 1. The lowest BCUT2D eigenvalue weighted by Gasteiger charge is -2.46. The van der Waals surface area contributed by atoms with E-state index in [0.29, 0.717) is 25.5 Å². The maximum atomic E-state index is 12.4. The first-order chi connectivity index (χ1) is 13.6. The summed E-state index contributed by atoms with van der Waals surface area (Å²) >= 11 is 0. The number of carbonyl (C=O) groups is 2. The van der Waals surface area contributed by atoms with E-state index in [1.807, 2.05) is 35.2 Å². The summed E-state index contributed by atoms with van der Waals surface area (Å²) in [6, 6.07) is 10.0. The first-order valence-electron chi connectivity index (χ1n) is 10.6. The van der Waals surface area contributed by atoms with Gasteiger partial charge in [-0.3, -0.25) is 4.79 Å². The molecular formula is C22H33N3O3. The first-order valence-corrected chi connectivity index (χ1v) is 10.6. The molecule has 28 heavy (non-hydrogen) atoms. The molecule has 6 heteroatoms. The van der Waals surface area contributed by atoms with Gasteiger partial charge in [-0.05, 0) is 43.6 Å². The summed E-state index contributed by atoms with van der Waals surface area (Å²) in [5.41, 5.74) is 0.956. The summed E-state index contributed by atoms with van der Waals surface area (Å²) in [4.78, 5) is 26.4. The average molecular weight is 388 g/mol. The Labute approximate surface area is 168 Å². The van der Waals surface area contributed by atoms with Crippen molar-refractivity contribution in [1.29, 1.82) is 0 Å². The van der Waals surface area contributed by atoms with Gasteiger partial charge in [0.25, 0.3) is 0 Å². The molecule has 154 valence electrons. The Hall–Kier alpha value is -2.08. The highest BCUT2D eigenvalue weighted by Crippen LogP contribution is 2.38. The standard InChI is InChI=1S/C22H33N3O3/c1-2-11-23-21(27)25-12-9-22(10-13-25)16-19(8-14-28-22)15-20(26)24-17-18-6-4-3-5-7-18/h3-7,19H,2,8-17H2,1H3,(H,23,27)(H,24,26). The highest BCUT2D eigenvalue weighted by Gasteiger charge is 2.41. The van der Waals surface area contributed by atoms with E-state index in [-0.39, 0.29) is 17.5 Å². The third kappa shape index (κ3) is 5.71. The zero-order valence-corrected chi connectivity index (χ0v) is 16.9. The number of benzene rings is 1. The number of rotatable bonds is 6. The van der Waals surface area contributed by atoms with Gasteiger partial charge in [-0.25, -0.2) is 4.79 Å². The van der Waals surface area contributed by atoms with Gasteiger partial charge in [0.15, 0.2) is 0 Å². The minimum absolute atomic E-state index is 0.0318. The summed E-state index contributed by atoms with van der Waals surface area (Å²) in [5.74, 6) is 0.465. The third-order valence-corrected chi connectivity index (χ3v) is 5.89. The fraction of sp³-hybridized carbons (Fsp3) is 0.636. The van der Waals surface area contributed by atoms with Gasteiger partial charge in [0.2, 0.25) is 5.91 Å². The molecule has 3 amide bonds. The van der Waals surface area contributed by atoms with Crippen molar-refractivity contribution in [1.82, 2.24) is 15.5 Å². The molecule has 0 radical (unpaired) electrons. The summed E-state index contributed by atoms with van der Waals surface area (Å²) in [5, 5.41) is 5.99. The molecule has 2 fully saturated rings. The molecule has 2 aliphatic heterocycles. The van der Waals surface area contributed by atoms with Crippen LogP contribution in [0.25, 0.3) is 0 Å².